The number of carbonyl (C=O) groups is 2. The van der Waals surface area contributed by atoms with Crippen LogP contribution >= 0.6 is 22.7 Å². The molecule has 1 atom stereocenters. The number of rotatable bonds is 6. The van der Waals surface area contributed by atoms with Gasteiger partial charge in [0.05, 0.1) is 10.9 Å². The van der Waals surface area contributed by atoms with Gasteiger partial charge in [0.2, 0.25) is 0 Å². The molecule has 2 aromatic heterocycles. The zero-order valence-corrected chi connectivity index (χ0v) is 17.8. The molecule has 0 bridgehead atoms. The van der Waals surface area contributed by atoms with Crippen molar-refractivity contribution in [3.63, 3.8) is 0 Å². The molecular formula is C22H24N2O2S2. The lowest BCUT2D eigenvalue weighted by molar-refractivity contribution is 0.0902. The number of nitrogens with one attached hydrogen (secondary N) is 2. The quantitative estimate of drug-likeness (QED) is 0.580. The summed E-state index contributed by atoms with van der Waals surface area (Å²) in [6.07, 6.45) is 0. The maximum atomic E-state index is 12.8. The van der Waals surface area contributed by atoms with Gasteiger partial charge < -0.3 is 10.6 Å². The highest BCUT2D eigenvalue weighted by Gasteiger charge is 2.28. The van der Waals surface area contributed by atoms with E-state index in [2.05, 4.69) is 37.5 Å². The average Bonchev–Trinajstić information content (AvgIpc) is 3.37. The fourth-order valence-electron chi connectivity index (χ4n) is 2.84. The van der Waals surface area contributed by atoms with E-state index in [4.69, 9.17) is 0 Å². The second kappa shape index (κ2) is 8.71. The third kappa shape index (κ3) is 5.09. The second-order valence-electron chi connectivity index (χ2n) is 7.64. The monoisotopic (exact) mass is 412 g/mol. The molecule has 1 aromatic carbocycles. The lowest BCUT2D eigenvalue weighted by Crippen LogP contribution is -2.36. The summed E-state index contributed by atoms with van der Waals surface area (Å²) < 4.78 is 0. The van der Waals surface area contributed by atoms with Gasteiger partial charge in [-0.3, -0.25) is 9.59 Å². The Morgan fingerprint density at radius 3 is 2.18 bits per heavy atom. The highest BCUT2D eigenvalue weighted by atomic mass is 32.1. The lowest BCUT2D eigenvalue weighted by atomic mass is 9.85. The van der Waals surface area contributed by atoms with Crippen LogP contribution in [0.3, 0.4) is 0 Å². The van der Waals surface area contributed by atoms with E-state index in [1.807, 2.05) is 35.0 Å². The fraction of sp³-hybridized carbons (Fsp3) is 0.273. The van der Waals surface area contributed by atoms with Crippen molar-refractivity contribution in [2.45, 2.75) is 33.4 Å². The zero-order chi connectivity index (χ0) is 20.1. The number of amides is 2. The van der Waals surface area contributed by atoms with Gasteiger partial charge in [0.1, 0.15) is 0 Å². The molecule has 0 fully saturated rings. The molecule has 1 unspecified atom stereocenters. The summed E-state index contributed by atoms with van der Waals surface area (Å²) in [5.74, 6) is -0.178. The van der Waals surface area contributed by atoms with Crippen molar-refractivity contribution >= 4 is 34.5 Å². The van der Waals surface area contributed by atoms with Crippen LogP contribution in [0, 0.1) is 5.41 Å². The Kier molecular flexibility index (Phi) is 6.31. The molecule has 28 heavy (non-hydrogen) atoms. The van der Waals surface area contributed by atoms with Crippen molar-refractivity contribution < 1.29 is 9.59 Å². The van der Waals surface area contributed by atoms with Crippen molar-refractivity contribution in [1.29, 1.82) is 0 Å². The largest absolute Gasteiger partial charge is 0.347 e. The van der Waals surface area contributed by atoms with Crippen LogP contribution in [0.15, 0.2) is 59.3 Å². The molecule has 3 aromatic rings. The Hall–Kier alpha value is -2.44. The second-order valence-corrected chi connectivity index (χ2v) is 9.57. The van der Waals surface area contributed by atoms with E-state index in [0.717, 1.165) is 10.4 Å². The van der Waals surface area contributed by atoms with Crippen molar-refractivity contribution in [3.8, 4) is 0 Å². The van der Waals surface area contributed by atoms with E-state index >= 15 is 0 Å². The number of carbonyl (C=O) groups excluding carboxylic acids is 2. The molecule has 2 N–H and O–H groups in total. The molecular weight excluding hydrogens is 388 g/mol. The maximum absolute atomic E-state index is 12.8. The predicted molar refractivity (Wildman–Crippen MR) is 116 cm³/mol. The minimum absolute atomic E-state index is 0.0511. The first-order chi connectivity index (χ1) is 13.3. The first-order valence-electron chi connectivity index (χ1n) is 9.09. The maximum Gasteiger partial charge on any atom is 0.261 e. The molecule has 2 heterocycles. The van der Waals surface area contributed by atoms with E-state index in [-0.39, 0.29) is 23.3 Å². The standard InChI is InChI=1S/C22H24N2O2S2/c1-22(2,3)19(17-6-4-12-27-17)24-20(25)16-10-8-15(9-11-16)14-23-21(26)18-7-5-13-28-18/h4-13,19H,14H2,1-3H3,(H,23,26)(H,24,25). The third-order valence-electron chi connectivity index (χ3n) is 4.38. The minimum atomic E-state index is -0.0949. The third-order valence-corrected chi connectivity index (χ3v) is 6.19. The van der Waals surface area contributed by atoms with Crippen LogP contribution in [0.4, 0.5) is 0 Å². The van der Waals surface area contributed by atoms with Gasteiger partial charge in [-0.05, 0) is 46.0 Å². The summed E-state index contributed by atoms with van der Waals surface area (Å²) in [6, 6.07) is 15.0. The van der Waals surface area contributed by atoms with E-state index < -0.39 is 0 Å². The highest BCUT2D eigenvalue weighted by Crippen LogP contribution is 2.35. The lowest BCUT2D eigenvalue weighted by Gasteiger charge is -2.30. The van der Waals surface area contributed by atoms with Gasteiger partial charge >= 0.3 is 0 Å². The normalized spacial score (nSPS) is 12.4. The highest BCUT2D eigenvalue weighted by molar-refractivity contribution is 7.12. The Morgan fingerprint density at radius 1 is 0.929 bits per heavy atom. The van der Waals surface area contributed by atoms with Gasteiger partial charge in [0.25, 0.3) is 11.8 Å². The molecule has 0 spiro atoms. The van der Waals surface area contributed by atoms with Crippen LogP contribution in [0.2, 0.25) is 0 Å². The Balaban J connectivity index is 1.62. The zero-order valence-electron chi connectivity index (χ0n) is 16.2. The number of thiophene rings is 2. The predicted octanol–water partition coefficient (Wildman–Crippen LogP) is 5.26. The Bertz CT molecular complexity index is 909. The van der Waals surface area contributed by atoms with Gasteiger partial charge in [-0.15, -0.1) is 22.7 Å². The van der Waals surface area contributed by atoms with Crippen molar-refractivity contribution in [1.82, 2.24) is 10.6 Å². The molecule has 6 heteroatoms. The first kappa shape index (κ1) is 20.3. The number of hydrogen-bond donors (Lipinski definition) is 2. The molecule has 0 aliphatic heterocycles. The molecule has 4 nitrogen and oxygen atoms in total. The van der Waals surface area contributed by atoms with E-state index in [1.54, 1.807) is 29.5 Å². The number of hydrogen-bond acceptors (Lipinski definition) is 4. The average molecular weight is 413 g/mol. The summed E-state index contributed by atoms with van der Waals surface area (Å²) in [5, 5.41) is 9.97. The molecule has 0 aliphatic carbocycles. The summed E-state index contributed by atoms with van der Waals surface area (Å²) >= 11 is 3.07. The molecule has 3 rings (SSSR count). The topological polar surface area (TPSA) is 58.2 Å². The Labute approximate surface area is 173 Å². The first-order valence-corrected chi connectivity index (χ1v) is 10.9. The summed E-state index contributed by atoms with van der Waals surface area (Å²) in [5.41, 5.74) is 1.47. The van der Waals surface area contributed by atoms with Gasteiger partial charge in [-0.2, -0.15) is 0 Å². The van der Waals surface area contributed by atoms with Crippen LogP contribution in [0.25, 0.3) is 0 Å². The van der Waals surface area contributed by atoms with Crippen molar-refractivity contribution in [2.75, 3.05) is 0 Å². The van der Waals surface area contributed by atoms with Crippen LogP contribution < -0.4 is 10.6 Å². The van der Waals surface area contributed by atoms with Gasteiger partial charge in [0.15, 0.2) is 0 Å². The van der Waals surface area contributed by atoms with E-state index in [1.165, 1.54) is 11.3 Å². The van der Waals surface area contributed by atoms with Crippen LogP contribution in [-0.4, -0.2) is 11.8 Å². The molecule has 0 saturated heterocycles. The van der Waals surface area contributed by atoms with Crippen LogP contribution in [0.1, 0.15) is 57.3 Å². The van der Waals surface area contributed by atoms with Gasteiger partial charge in [-0.25, -0.2) is 0 Å². The smallest absolute Gasteiger partial charge is 0.261 e. The molecule has 146 valence electrons. The molecule has 0 radical (unpaired) electrons. The SMILES string of the molecule is CC(C)(C)C(NC(=O)c1ccc(CNC(=O)c2cccs2)cc1)c1cccs1. The van der Waals surface area contributed by atoms with E-state index in [0.29, 0.717) is 17.0 Å². The molecule has 0 saturated carbocycles. The van der Waals surface area contributed by atoms with Gasteiger partial charge in [0, 0.05) is 17.0 Å². The fourth-order valence-corrected chi connectivity index (χ4v) is 4.50. The van der Waals surface area contributed by atoms with Crippen LogP contribution in [0.5, 0.6) is 0 Å². The van der Waals surface area contributed by atoms with E-state index in [9.17, 15) is 9.59 Å². The van der Waals surface area contributed by atoms with Gasteiger partial charge in [-0.1, -0.05) is 45.0 Å². The molecule has 0 aliphatic rings. The Morgan fingerprint density at radius 2 is 1.61 bits per heavy atom. The minimum Gasteiger partial charge on any atom is -0.347 e. The van der Waals surface area contributed by atoms with Crippen molar-refractivity contribution in [2.24, 2.45) is 5.41 Å². The van der Waals surface area contributed by atoms with Crippen molar-refractivity contribution in [3.05, 3.63) is 80.2 Å². The summed E-state index contributed by atoms with van der Waals surface area (Å²) in [7, 11) is 0. The summed E-state index contributed by atoms with van der Waals surface area (Å²) in [6.45, 7) is 6.80. The van der Waals surface area contributed by atoms with Crippen LogP contribution in [-0.2, 0) is 6.54 Å². The molecule has 2 amide bonds. The number of benzene rings is 1. The summed E-state index contributed by atoms with van der Waals surface area (Å²) in [4.78, 5) is 26.6.